The van der Waals surface area contributed by atoms with E-state index in [1.54, 1.807) is 6.20 Å². The van der Waals surface area contributed by atoms with Crippen LogP contribution in [0.3, 0.4) is 0 Å². The molecule has 3 nitrogen and oxygen atoms in total. The summed E-state index contributed by atoms with van der Waals surface area (Å²) < 4.78 is 12.5. The van der Waals surface area contributed by atoms with Crippen LogP contribution in [0.5, 0.6) is 11.5 Å². The lowest BCUT2D eigenvalue weighted by Crippen LogP contribution is -2.05. The van der Waals surface area contributed by atoms with Gasteiger partial charge in [0.15, 0.2) is 11.5 Å². The van der Waals surface area contributed by atoms with E-state index in [1.165, 1.54) is 0 Å². The average molecular weight is 415 g/mol. The van der Waals surface area contributed by atoms with Gasteiger partial charge in [-0.2, -0.15) is 0 Å². The molecule has 5 heteroatoms. The van der Waals surface area contributed by atoms with E-state index in [0.717, 1.165) is 39.0 Å². The Morgan fingerprint density at radius 2 is 2.05 bits per heavy atom. The third-order valence-electron chi connectivity index (χ3n) is 2.85. The maximum absolute atomic E-state index is 5.90. The minimum atomic E-state index is 0.559. The summed E-state index contributed by atoms with van der Waals surface area (Å²) in [5, 5.41) is 0.778. The van der Waals surface area contributed by atoms with E-state index in [0.29, 0.717) is 13.2 Å². The molecule has 2 aromatic rings. The number of aromatic nitrogens is 1. The quantitative estimate of drug-likeness (QED) is 0.612. The van der Waals surface area contributed by atoms with E-state index in [1.807, 2.05) is 37.3 Å². The monoisotopic (exact) mass is 413 g/mol. The number of nitrogens with zero attached hydrogens (tertiary/aromatic N) is 1. The molecule has 0 aliphatic heterocycles. The maximum atomic E-state index is 5.90. The van der Waals surface area contributed by atoms with Gasteiger partial charge >= 0.3 is 0 Å². The van der Waals surface area contributed by atoms with Crippen LogP contribution in [0, 0.1) is 0 Å². The van der Waals surface area contributed by atoms with Crippen LogP contribution in [-0.2, 0) is 11.8 Å². The van der Waals surface area contributed by atoms with Crippen molar-refractivity contribution in [1.29, 1.82) is 0 Å². The van der Waals surface area contributed by atoms with E-state index < -0.39 is 0 Å². The van der Waals surface area contributed by atoms with Gasteiger partial charge in [-0.25, -0.2) is 0 Å². The first-order valence-electron chi connectivity index (χ1n) is 6.78. The second-order valence-corrected chi connectivity index (χ2v) is 5.81. The van der Waals surface area contributed by atoms with Gasteiger partial charge in [0.25, 0.3) is 0 Å². The Kier molecular flexibility index (Phi) is 6.51. The van der Waals surface area contributed by atoms with Crippen molar-refractivity contribution in [2.75, 3.05) is 13.2 Å². The molecule has 112 valence electrons. The molecule has 0 unspecified atom stereocenters. The molecule has 0 atom stereocenters. The Hall–Kier alpha value is -1.07. The Morgan fingerprint density at radius 1 is 1.19 bits per heavy atom. The van der Waals surface area contributed by atoms with Gasteiger partial charge in [0.1, 0.15) is 0 Å². The smallest absolute Gasteiger partial charge is 0.175 e. The highest BCUT2D eigenvalue weighted by Crippen LogP contribution is 2.37. The first kappa shape index (κ1) is 16.3. The van der Waals surface area contributed by atoms with Crippen LogP contribution in [0.15, 0.2) is 41.0 Å². The zero-order chi connectivity index (χ0) is 15.1. The largest absolute Gasteiger partial charge is 0.490 e. The molecule has 21 heavy (non-hydrogen) atoms. The number of hydrogen-bond acceptors (Lipinski definition) is 3. The van der Waals surface area contributed by atoms with E-state index in [9.17, 15) is 0 Å². The lowest BCUT2D eigenvalue weighted by Gasteiger charge is -2.15. The zero-order valence-electron chi connectivity index (χ0n) is 11.8. The van der Waals surface area contributed by atoms with Crippen LogP contribution < -0.4 is 9.47 Å². The molecule has 0 bridgehead atoms. The lowest BCUT2D eigenvalue weighted by atomic mass is 10.2. The van der Waals surface area contributed by atoms with E-state index in [-0.39, 0.29) is 0 Å². The number of hydrogen-bond donors (Lipinski definition) is 0. The minimum Gasteiger partial charge on any atom is -0.490 e. The molecule has 0 amide bonds. The number of rotatable bonds is 7. The molecule has 0 aliphatic rings. The molecule has 0 spiro atoms. The van der Waals surface area contributed by atoms with Crippen LogP contribution in [0.25, 0.3) is 0 Å². The van der Waals surface area contributed by atoms with Crippen molar-refractivity contribution in [3.05, 3.63) is 52.3 Å². The number of alkyl halides is 1. The summed E-state index contributed by atoms with van der Waals surface area (Å²) in [7, 11) is 0. The van der Waals surface area contributed by atoms with Gasteiger partial charge in [-0.3, -0.25) is 4.98 Å². The normalized spacial score (nSPS) is 10.4. The molecule has 0 fully saturated rings. The average Bonchev–Trinajstić information content (AvgIpc) is 2.51. The van der Waals surface area contributed by atoms with E-state index in [2.05, 4.69) is 36.8 Å². The fourth-order valence-corrected chi connectivity index (χ4v) is 2.83. The summed E-state index contributed by atoms with van der Waals surface area (Å²) in [5.74, 6) is 1.51. The summed E-state index contributed by atoms with van der Waals surface area (Å²) in [4.78, 5) is 4.29. The molecular formula is C16H17Br2NO2. The molecule has 0 N–H and O–H groups in total. The van der Waals surface area contributed by atoms with Crippen molar-refractivity contribution in [3.63, 3.8) is 0 Å². The number of ether oxygens (including phenoxy) is 2. The Balaban J connectivity index is 2.07. The Morgan fingerprint density at radius 3 is 2.71 bits per heavy atom. The first-order chi connectivity index (χ1) is 10.2. The standard InChI is InChI=1S/C16H17Br2NO2/c1-2-20-15-10-12(11-17)9-14(18)16(15)21-8-6-13-5-3-4-7-19-13/h3-5,7,9-10H,2,6,8,11H2,1H3. The van der Waals surface area contributed by atoms with Crippen LogP contribution in [0.4, 0.5) is 0 Å². The van der Waals surface area contributed by atoms with Crippen molar-refractivity contribution < 1.29 is 9.47 Å². The zero-order valence-corrected chi connectivity index (χ0v) is 15.0. The van der Waals surface area contributed by atoms with Gasteiger partial charge in [-0.15, -0.1) is 0 Å². The topological polar surface area (TPSA) is 31.4 Å². The van der Waals surface area contributed by atoms with Crippen molar-refractivity contribution in [1.82, 2.24) is 4.98 Å². The molecule has 2 rings (SSSR count). The van der Waals surface area contributed by atoms with E-state index >= 15 is 0 Å². The first-order valence-corrected chi connectivity index (χ1v) is 8.70. The highest BCUT2D eigenvalue weighted by Gasteiger charge is 2.12. The van der Waals surface area contributed by atoms with Crippen LogP contribution in [0.2, 0.25) is 0 Å². The molecule has 0 aliphatic carbocycles. The van der Waals surface area contributed by atoms with Crippen molar-refractivity contribution in [2.45, 2.75) is 18.7 Å². The van der Waals surface area contributed by atoms with Gasteiger partial charge < -0.3 is 9.47 Å². The van der Waals surface area contributed by atoms with Gasteiger partial charge in [-0.1, -0.05) is 22.0 Å². The Bertz CT molecular complexity index is 576. The summed E-state index contributed by atoms with van der Waals surface area (Å²) in [6, 6.07) is 9.92. The van der Waals surface area contributed by atoms with Gasteiger partial charge in [0.05, 0.1) is 17.7 Å². The Labute approximate surface area is 141 Å². The number of pyridine rings is 1. The van der Waals surface area contributed by atoms with Crippen LogP contribution in [-0.4, -0.2) is 18.2 Å². The summed E-state index contributed by atoms with van der Waals surface area (Å²) in [6.45, 7) is 3.13. The molecule has 1 heterocycles. The maximum Gasteiger partial charge on any atom is 0.175 e. The molecule has 1 aromatic heterocycles. The summed E-state index contributed by atoms with van der Waals surface area (Å²) in [6.07, 6.45) is 2.56. The molecule has 0 saturated carbocycles. The second-order valence-electron chi connectivity index (χ2n) is 4.39. The molecule has 0 radical (unpaired) electrons. The molecule has 0 saturated heterocycles. The van der Waals surface area contributed by atoms with Gasteiger partial charge in [-0.05, 0) is 52.7 Å². The van der Waals surface area contributed by atoms with Crippen LogP contribution >= 0.6 is 31.9 Å². The number of halogens is 2. The van der Waals surface area contributed by atoms with Crippen LogP contribution in [0.1, 0.15) is 18.2 Å². The molecule has 1 aromatic carbocycles. The summed E-state index contributed by atoms with van der Waals surface area (Å²) >= 11 is 7.01. The van der Waals surface area contributed by atoms with Crippen molar-refractivity contribution >= 4 is 31.9 Å². The predicted molar refractivity (Wildman–Crippen MR) is 91.4 cm³/mol. The second kappa shape index (κ2) is 8.39. The van der Waals surface area contributed by atoms with Gasteiger partial charge in [0, 0.05) is 23.6 Å². The predicted octanol–water partition coefficient (Wildman–Crippen LogP) is 4.76. The molecular weight excluding hydrogens is 398 g/mol. The minimum absolute atomic E-state index is 0.559. The van der Waals surface area contributed by atoms with Crippen molar-refractivity contribution in [2.24, 2.45) is 0 Å². The fourth-order valence-electron chi connectivity index (χ4n) is 1.91. The fraction of sp³-hybridized carbons (Fsp3) is 0.312. The SMILES string of the molecule is CCOc1cc(CBr)cc(Br)c1OCCc1ccccn1. The number of benzene rings is 1. The highest BCUT2D eigenvalue weighted by atomic mass is 79.9. The summed E-state index contributed by atoms with van der Waals surface area (Å²) in [5.41, 5.74) is 2.16. The van der Waals surface area contributed by atoms with Gasteiger partial charge in [0.2, 0.25) is 0 Å². The highest BCUT2D eigenvalue weighted by molar-refractivity contribution is 9.10. The van der Waals surface area contributed by atoms with Crippen molar-refractivity contribution in [3.8, 4) is 11.5 Å². The third-order valence-corrected chi connectivity index (χ3v) is 4.09. The van der Waals surface area contributed by atoms with E-state index in [4.69, 9.17) is 9.47 Å². The lowest BCUT2D eigenvalue weighted by molar-refractivity contribution is 0.277. The third kappa shape index (κ3) is 4.71.